The zero-order chi connectivity index (χ0) is 36.1. The monoisotopic (exact) mass is 682 g/mol. The van der Waals surface area contributed by atoms with Crippen molar-refractivity contribution in [2.45, 2.75) is 0 Å². The van der Waals surface area contributed by atoms with Gasteiger partial charge in [0.05, 0.1) is 62.5 Å². The van der Waals surface area contributed by atoms with Crippen LogP contribution in [0.3, 0.4) is 0 Å². The topological polar surface area (TPSA) is 110 Å². The molecule has 0 N–H and O–H groups in total. The first kappa shape index (κ1) is 31.8. The Balaban J connectivity index is 1.37. The molecule has 6 nitrogen and oxygen atoms in total. The molecule has 52 heavy (non-hydrogen) atoms. The maximum absolute atomic E-state index is 14.9. The molecule has 0 aliphatic rings. The number of benzene rings is 6. The summed E-state index contributed by atoms with van der Waals surface area (Å²) in [5.41, 5.74) is 4.01. The highest BCUT2D eigenvalue weighted by molar-refractivity contribution is 6.21. The Morgan fingerprint density at radius 2 is 0.923 bits per heavy atom. The molecule has 0 saturated heterocycles. The minimum atomic E-state index is -1.77. The van der Waals surface area contributed by atoms with E-state index < -0.39 is 34.4 Å². The van der Waals surface area contributed by atoms with Gasteiger partial charge in [-0.3, -0.25) is 0 Å². The number of halogens is 4. The highest BCUT2D eigenvalue weighted by Crippen LogP contribution is 2.40. The van der Waals surface area contributed by atoms with E-state index >= 15 is 0 Å². The first-order chi connectivity index (χ1) is 25.3. The van der Waals surface area contributed by atoms with Gasteiger partial charge in [-0.2, -0.15) is 15.8 Å². The van der Waals surface area contributed by atoms with Crippen LogP contribution in [0.5, 0.6) is 0 Å². The second kappa shape index (κ2) is 12.4. The third-order valence-corrected chi connectivity index (χ3v) is 8.89. The number of nitrogens with zero attached hydrogens (tertiary/aromatic N) is 6. The first-order valence-electron chi connectivity index (χ1n) is 15.7. The lowest BCUT2D eigenvalue weighted by atomic mass is 9.95. The Bertz CT molecular complexity index is 2870. The van der Waals surface area contributed by atoms with Gasteiger partial charge >= 0.3 is 0 Å². The van der Waals surface area contributed by atoms with E-state index in [1.807, 2.05) is 48.5 Å². The van der Waals surface area contributed by atoms with Crippen LogP contribution in [-0.2, 0) is 0 Å². The predicted molar refractivity (Wildman–Crippen MR) is 188 cm³/mol. The summed E-state index contributed by atoms with van der Waals surface area (Å²) in [6, 6.07) is 36.4. The number of para-hydroxylation sites is 1. The van der Waals surface area contributed by atoms with Crippen LogP contribution < -0.4 is 0 Å². The molecule has 0 spiro atoms. The fourth-order valence-corrected chi connectivity index (χ4v) is 6.36. The van der Waals surface area contributed by atoms with Gasteiger partial charge in [0, 0.05) is 32.8 Å². The Labute approximate surface area is 292 Å². The summed E-state index contributed by atoms with van der Waals surface area (Å²) >= 11 is 0. The van der Waals surface area contributed by atoms with E-state index in [-0.39, 0.29) is 5.56 Å². The minimum Gasteiger partial charge on any atom is -0.247 e. The van der Waals surface area contributed by atoms with E-state index in [2.05, 4.69) is 12.1 Å². The van der Waals surface area contributed by atoms with Gasteiger partial charge in [0.15, 0.2) is 23.3 Å². The number of hydrogen-bond donors (Lipinski definition) is 0. The van der Waals surface area contributed by atoms with E-state index in [0.29, 0.717) is 61.3 Å². The molecule has 0 unspecified atom stereocenters. The molecule has 0 bridgehead atoms. The molecule has 244 valence electrons. The molecule has 0 atom stereocenters. The van der Waals surface area contributed by atoms with Crippen molar-refractivity contribution in [3.8, 4) is 63.1 Å². The van der Waals surface area contributed by atoms with Crippen LogP contribution in [0.4, 0.5) is 17.6 Å². The molecular formula is C42H18F4N6. The molecule has 6 aromatic carbocycles. The van der Waals surface area contributed by atoms with Gasteiger partial charge in [-0.15, -0.1) is 0 Å². The van der Waals surface area contributed by atoms with Crippen molar-refractivity contribution < 1.29 is 17.6 Å². The van der Waals surface area contributed by atoms with Crippen LogP contribution in [-0.4, -0.2) is 15.0 Å². The van der Waals surface area contributed by atoms with Gasteiger partial charge in [-0.05, 0) is 48.0 Å². The molecule has 0 aliphatic heterocycles. The molecule has 8 rings (SSSR count). The predicted octanol–water partition coefficient (Wildman–Crippen LogP) is 10.2. The van der Waals surface area contributed by atoms with Crippen molar-refractivity contribution >= 4 is 32.7 Å². The third-order valence-electron chi connectivity index (χ3n) is 8.89. The third kappa shape index (κ3) is 5.05. The molecule has 0 radical (unpaired) electrons. The van der Waals surface area contributed by atoms with Crippen molar-refractivity contribution in [2.24, 2.45) is 0 Å². The summed E-state index contributed by atoms with van der Waals surface area (Å²) in [6.45, 7) is 0. The number of rotatable bonds is 4. The number of nitriles is 3. The van der Waals surface area contributed by atoms with E-state index in [0.717, 1.165) is 22.4 Å². The summed E-state index contributed by atoms with van der Waals surface area (Å²) in [6.07, 6.45) is 0. The Morgan fingerprint density at radius 3 is 1.50 bits per heavy atom. The second-order valence-corrected chi connectivity index (χ2v) is 11.8. The van der Waals surface area contributed by atoms with Gasteiger partial charge in [0.2, 0.25) is 0 Å². The van der Waals surface area contributed by atoms with Crippen LogP contribution in [0.1, 0.15) is 16.7 Å². The van der Waals surface area contributed by atoms with E-state index in [1.165, 1.54) is 12.1 Å². The standard InChI is InChI=1S/C42H18F4N6/c43-35-30(21-49)36(44)38(46)33(37(35)45)24-13-15-25(16-14-24)39-29-17-18-32-42(34(29)28-3-1-2-4-31(28)50-39)52-41(27-11-7-23(20-48)8-12-27)40(51-32)26-9-5-22(19-47)6-10-26/h1-18H. The molecule has 0 aliphatic carbocycles. The fourth-order valence-electron chi connectivity index (χ4n) is 6.36. The second-order valence-electron chi connectivity index (χ2n) is 11.8. The number of aromatic nitrogens is 3. The average Bonchev–Trinajstić information content (AvgIpc) is 3.19. The number of fused-ring (bicyclic) bond motifs is 5. The normalized spacial score (nSPS) is 11.0. The first-order valence-corrected chi connectivity index (χ1v) is 15.7. The lowest BCUT2D eigenvalue weighted by Crippen LogP contribution is -2.03. The van der Waals surface area contributed by atoms with Crippen molar-refractivity contribution in [1.29, 1.82) is 15.8 Å². The van der Waals surface area contributed by atoms with Gasteiger partial charge in [-0.1, -0.05) is 66.7 Å². The molecule has 10 heteroatoms. The van der Waals surface area contributed by atoms with Crippen molar-refractivity contribution in [3.63, 3.8) is 0 Å². The minimum absolute atomic E-state index is 0.134. The highest BCUT2D eigenvalue weighted by atomic mass is 19.2. The number of hydrogen-bond acceptors (Lipinski definition) is 6. The van der Waals surface area contributed by atoms with E-state index in [1.54, 1.807) is 48.5 Å². The lowest BCUT2D eigenvalue weighted by Gasteiger charge is -2.15. The van der Waals surface area contributed by atoms with Gasteiger partial charge < -0.3 is 0 Å². The smallest absolute Gasteiger partial charge is 0.180 e. The molecule has 0 saturated carbocycles. The summed E-state index contributed by atoms with van der Waals surface area (Å²) in [5, 5.41) is 30.0. The van der Waals surface area contributed by atoms with E-state index in [9.17, 15) is 28.1 Å². The maximum Gasteiger partial charge on any atom is 0.180 e. The Kier molecular flexibility index (Phi) is 7.60. The molecule has 2 aromatic heterocycles. The summed E-state index contributed by atoms with van der Waals surface area (Å²) < 4.78 is 58.7. The van der Waals surface area contributed by atoms with Crippen molar-refractivity contribution in [2.75, 3.05) is 0 Å². The zero-order valence-corrected chi connectivity index (χ0v) is 26.6. The summed E-state index contributed by atoms with van der Waals surface area (Å²) in [7, 11) is 0. The molecular weight excluding hydrogens is 664 g/mol. The van der Waals surface area contributed by atoms with Crippen LogP contribution in [0.15, 0.2) is 109 Å². The molecule has 2 heterocycles. The highest BCUT2D eigenvalue weighted by Gasteiger charge is 2.26. The number of pyridine rings is 1. The van der Waals surface area contributed by atoms with Gasteiger partial charge in [0.25, 0.3) is 0 Å². The van der Waals surface area contributed by atoms with Crippen molar-refractivity contribution in [1.82, 2.24) is 15.0 Å². The SMILES string of the molecule is N#Cc1ccc(-c2nc3ccc4c(-c5ccc(-c6c(F)c(F)c(C#N)c(F)c6F)cc5)nc5ccccc5c4c3nc2-c2ccc(C#N)cc2)cc1. The molecule has 0 amide bonds. The largest absolute Gasteiger partial charge is 0.247 e. The van der Waals surface area contributed by atoms with Gasteiger partial charge in [-0.25, -0.2) is 32.5 Å². The van der Waals surface area contributed by atoms with Crippen LogP contribution >= 0.6 is 0 Å². The van der Waals surface area contributed by atoms with Crippen molar-refractivity contribution in [3.05, 3.63) is 149 Å². The molecule has 8 aromatic rings. The Morgan fingerprint density at radius 1 is 0.423 bits per heavy atom. The quantitative estimate of drug-likeness (QED) is 0.104. The van der Waals surface area contributed by atoms with Crippen LogP contribution in [0, 0.1) is 57.3 Å². The summed E-state index contributed by atoms with van der Waals surface area (Å²) in [5.74, 6) is -6.86. The maximum atomic E-state index is 14.9. The van der Waals surface area contributed by atoms with Crippen LogP contribution in [0.25, 0.3) is 77.6 Å². The fraction of sp³-hybridized carbons (Fsp3) is 0. The van der Waals surface area contributed by atoms with Crippen LogP contribution in [0.2, 0.25) is 0 Å². The summed E-state index contributed by atoms with van der Waals surface area (Å²) in [4.78, 5) is 15.2. The zero-order valence-electron chi connectivity index (χ0n) is 26.6. The lowest BCUT2D eigenvalue weighted by molar-refractivity contribution is 0.454. The van der Waals surface area contributed by atoms with E-state index in [4.69, 9.17) is 20.2 Å². The Hall–Kier alpha value is -7.48. The molecule has 0 fully saturated rings. The average molecular weight is 683 g/mol. The van der Waals surface area contributed by atoms with Gasteiger partial charge in [0.1, 0.15) is 11.6 Å².